The molecule has 2 heterocycles. The first-order chi connectivity index (χ1) is 20.3. The molecule has 1 N–H and O–H groups in total. The number of fused-ring (bicyclic) bond motifs is 6. The number of carbonyl (C=O) groups is 4. The van der Waals surface area contributed by atoms with Crippen LogP contribution in [0.2, 0.25) is 0 Å². The molecule has 3 aromatic carbocycles. The predicted molar refractivity (Wildman–Crippen MR) is 155 cm³/mol. The lowest BCUT2D eigenvalue weighted by Gasteiger charge is -2.19. The fourth-order valence-corrected chi connectivity index (χ4v) is 7.15. The third kappa shape index (κ3) is 4.09. The summed E-state index contributed by atoms with van der Waals surface area (Å²) in [5.74, 6) is -1.31. The Morgan fingerprint density at radius 2 is 1.60 bits per heavy atom. The van der Waals surface area contributed by atoms with Gasteiger partial charge in [-0.2, -0.15) is 0 Å². The van der Waals surface area contributed by atoms with Gasteiger partial charge in [0.05, 0.1) is 39.9 Å². The molecule has 0 spiro atoms. The van der Waals surface area contributed by atoms with E-state index in [-0.39, 0.29) is 40.5 Å². The van der Waals surface area contributed by atoms with Gasteiger partial charge in [-0.25, -0.2) is 9.78 Å². The van der Waals surface area contributed by atoms with E-state index in [0.29, 0.717) is 39.7 Å². The van der Waals surface area contributed by atoms with Crippen LogP contribution in [0.4, 0.5) is 5.69 Å². The Balaban J connectivity index is 1.18. The van der Waals surface area contributed by atoms with Crippen LogP contribution in [-0.4, -0.2) is 40.3 Å². The van der Waals surface area contributed by atoms with Crippen molar-refractivity contribution in [3.63, 3.8) is 0 Å². The number of ether oxygens (including phenoxy) is 1. The molecule has 2 bridgehead atoms. The molecule has 210 valence electrons. The van der Waals surface area contributed by atoms with E-state index >= 15 is 0 Å². The van der Waals surface area contributed by atoms with Gasteiger partial charge in [0, 0.05) is 10.9 Å². The van der Waals surface area contributed by atoms with Gasteiger partial charge < -0.3 is 9.84 Å². The fraction of sp³-hybridized carbons (Fsp3) is 0.265. The molecule has 4 aromatic rings. The maximum Gasteiger partial charge on any atom is 0.339 e. The average molecular weight is 561 g/mol. The summed E-state index contributed by atoms with van der Waals surface area (Å²) in [5, 5.41) is 10.6. The summed E-state index contributed by atoms with van der Waals surface area (Å²) in [6.07, 6.45) is 3.04. The minimum Gasteiger partial charge on any atom is -0.507 e. The molecule has 2 amide bonds. The number of rotatable bonds is 6. The Labute approximate surface area is 241 Å². The van der Waals surface area contributed by atoms with E-state index in [1.165, 1.54) is 17.0 Å². The number of phenolic OH excluding ortho intramolecular Hbond substituents is 1. The number of imide groups is 1. The summed E-state index contributed by atoms with van der Waals surface area (Å²) in [5.41, 5.74) is 3.56. The molecule has 3 fully saturated rings. The molecule has 42 heavy (non-hydrogen) atoms. The Kier molecular flexibility index (Phi) is 6.15. The van der Waals surface area contributed by atoms with Crippen LogP contribution >= 0.6 is 0 Å². The van der Waals surface area contributed by atoms with Crippen LogP contribution < -0.4 is 4.90 Å². The van der Waals surface area contributed by atoms with Gasteiger partial charge in [0.2, 0.25) is 17.6 Å². The number of para-hydroxylation sites is 2. The van der Waals surface area contributed by atoms with Crippen molar-refractivity contribution in [1.82, 2.24) is 4.98 Å². The Bertz CT molecular complexity index is 1770. The number of esters is 1. The molecule has 0 radical (unpaired) electrons. The minimum atomic E-state index is -0.691. The Hall–Kier alpha value is -4.85. The molecule has 1 saturated heterocycles. The van der Waals surface area contributed by atoms with Gasteiger partial charge in [0.1, 0.15) is 5.75 Å². The smallest absolute Gasteiger partial charge is 0.339 e. The number of phenols is 1. The SMILES string of the molecule is Cc1cccc2c(C(=O)OCC(=O)c3ccccc3O)cc(-c3ccc(N4C(=O)C5C6CCC(C6)C5C4=O)cc3)nc12. The average Bonchev–Trinajstić information content (AvgIpc) is 3.69. The highest BCUT2D eigenvalue weighted by Crippen LogP contribution is 2.56. The zero-order valence-corrected chi connectivity index (χ0v) is 22.9. The Morgan fingerprint density at radius 1 is 0.905 bits per heavy atom. The van der Waals surface area contributed by atoms with Gasteiger partial charge in [0.15, 0.2) is 6.61 Å². The van der Waals surface area contributed by atoms with Crippen LogP contribution in [0.15, 0.2) is 72.8 Å². The lowest BCUT2D eigenvalue weighted by atomic mass is 9.81. The van der Waals surface area contributed by atoms with Crippen LogP contribution in [0, 0.1) is 30.6 Å². The third-order valence-electron chi connectivity index (χ3n) is 9.15. The van der Waals surface area contributed by atoms with Gasteiger partial charge in [-0.05, 0) is 73.9 Å². The van der Waals surface area contributed by atoms with Gasteiger partial charge in [-0.1, -0.05) is 42.5 Å². The van der Waals surface area contributed by atoms with Gasteiger partial charge >= 0.3 is 5.97 Å². The van der Waals surface area contributed by atoms with Crippen LogP contribution in [0.3, 0.4) is 0 Å². The molecule has 8 heteroatoms. The highest BCUT2D eigenvalue weighted by Gasteiger charge is 2.61. The number of aryl methyl sites for hydroxylation is 1. The Morgan fingerprint density at radius 3 is 2.29 bits per heavy atom. The van der Waals surface area contributed by atoms with Crippen molar-refractivity contribution >= 4 is 40.2 Å². The van der Waals surface area contributed by atoms with Crippen molar-refractivity contribution in [2.24, 2.45) is 23.7 Å². The first-order valence-corrected chi connectivity index (χ1v) is 14.2. The topological polar surface area (TPSA) is 114 Å². The van der Waals surface area contributed by atoms with Crippen molar-refractivity contribution in [2.45, 2.75) is 26.2 Å². The molecule has 8 nitrogen and oxygen atoms in total. The van der Waals surface area contributed by atoms with Crippen molar-refractivity contribution in [3.8, 4) is 17.0 Å². The molecule has 1 aliphatic heterocycles. The standard InChI is InChI=1S/C34H28N2O6/c1-18-5-4-7-23-25(34(41)42-17-28(38)24-6-2-3-8-27(24)37)16-26(35-31(18)23)19-11-13-22(14-12-19)36-32(39)29-20-9-10-21(15-20)30(29)33(36)40/h2-8,11-14,16,20-21,29-30,37H,9-10,15,17H2,1H3. The molecule has 4 atom stereocenters. The molecule has 4 unspecified atom stereocenters. The van der Waals surface area contributed by atoms with Crippen LogP contribution in [0.5, 0.6) is 5.75 Å². The van der Waals surface area contributed by atoms with Gasteiger partial charge in [-0.3, -0.25) is 19.3 Å². The number of anilines is 1. The van der Waals surface area contributed by atoms with Crippen LogP contribution in [0.25, 0.3) is 22.2 Å². The number of ketones is 1. The van der Waals surface area contributed by atoms with Crippen LogP contribution in [0.1, 0.15) is 45.5 Å². The number of hydrogen-bond donors (Lipinski definition) is 1. The van der Waals surface area contributed by atoms with Crippen molar-refractivity contribution in [1.29, 1.82) is 0 Å². The molecule has 3 aliphatic rings. The maximum atomic E-state index is 13.3. The second-order valence-corrected chi connectivity index (χ2v) is 11.5. The summed E-state index contributed by atoms with van der Waals surface area (Å²) < 4.78 is 5.40. The molecular formula is C34H28N2O6. The summed E-state index contributed by atoms with van der Waals surface area (Å²) in [4.78, 5) is 58.6. The summed E-state index contributed by atoms with van der Waals surface area (Å²) in [6.45, 7) is 1.37. The van der Waals surface area contributed by atoms with E-state index < -0.39 is 18.4 Å². The largest absolute Gasteiger partial charge is 0.507 e. The molecule has 2 saturated carbocycles. The van der Waals surface area contributed by atoms with E-state index in [0.717, 1.165) is 24.8 Å². The first kappa shape index (κ1) is 26.1. The molecular weight excluding hydrogens is 532 g/mol. The second kappa shape index (κ2) is 9.91. The predicted octanol–water partition coefficient (Wildman–Crippen LogP) is 5.49. The van der Waals surface area contributed by atoms with Gasteiger partial charge in [0.25, 0.3) is 0 Å². The second-order valence-electron chi connectivity index (χ2n) is 11.5. The molecule has 1 aromatic heterocycles. The number of hydrogen-bond acceptors (Lipinski definition) is 7. The van der Waals surface area contributed by atoms with E-state index in [2.05, 4.69) is 0 Å². The summed E-state index contributed by atoms with van der Waals surface area (Å²) in [7, 11) is 0. The maximum absolute atomic E-state index is 13.3. The monoisotopic (exact) mass is 560 g/mol. The summed E-state index contributed by atoms with van der Waals surface area (Å²) >= 11 is 0. The zero-order chi connectivity index (χ0) is 29.1. The van der Waals surface area contributed by atoms with Crippen molar-refractivity contribution in [2.75, 3.05) is 11.5 Å². The number of pyridine rings is 1. The number of aromatic hydroxyl groups is 1. The number of benzene rings is 3. The van der Waals surface area contributed by atoms with E-state index in [4.69, 9.17) is 9.72 Å². The highest BCUT2D eigenvalue weighted by atomic mass is 16.5. The van der Waals surface area contributed by atoms with E-state index in [9.17, 15) is 24.3 Å². The molecule has 7 rings (SSSR count). The van der Waals surface area contributed by atoms with Crippen molar-refractivity contribution in [3.05, 3.63) is 89.5 Å². The van der Waals surface area contributed by atoms with Crippen LogP contribution in [-0.2, 0) is 14.3 Å². The fourth-order valence-electron chi connectivity index (χ4n) is 7.15. The number of carbonyl (C=O) groups excluding carboxylic acids is 4. The number of amides is 2. The highest BCUT2D eigenvalue weighted by molar-refractivity contribution is 6.22. The number of Topliss-reactive ketones (excluding diaryl/α,β-unsaturated/α-hetero) is 1. The lowest BCUT2D eigenvalue weighted by Crippen LogP contribution is -2.32. The van der Waals surface area contributed by atoms with Gasteiger partial charge in [-0.15, -0.1) is 0 Å². The third-order valence-corrected chi connectivity index (χ3v) is 9.15. The molecule has 2 aliphatic carbocycles. The van der Waals surface area contributed by atoms with E-state index in [1.807, 2.05) is 19.1 Å². The van der Waals surface area contributed by atoms with Crippen molar-refractivity contribution < 1.29 is 29.0 Å². The lowest BCUT2D eigenvalue weighted by molar-refractivity contribution is -0.123. The summed E-state index contributed by atoms with van der Waals surface area (Å²) in [6, 6.07) is 20.3. The minimum absolute atomic E-state index is 0.0766. The first-order valence-electron chi connectivity index (χ1n) is 14.2. The quantitative estimate of drug-likeness (QED) is 0.188. The van der Waals surface area contributed by atoms with E-state index in [1.54, 1.807) is 48.5 Å². The normalized spacial score (nSPS) is 22.5. The zero-order valence-electron chi connectivity index (χ0n) is 22.9. The number of aromatic nitrogens is 1. The number of nitrogens with zero attached hydrogens (tertiary/aromatic N) is 2.